The molecule has 14 aromatic rings. The molecule has 1 aliphatic rings. The summed E-state index contributed by atoms with van der Waals surface area (Å²) in [7, 11) is -1.87. The summed E-state index contributed by atoms with van der Waals surface area (Å²) < 4.78 is 45.6. The van der Waals surface area contributed by atoms with E-state index in [2.05, 4.69) is 252 Å². The topological polar surface area (TPSA) is 36.0 Å². The number of halogens is 2. The average molecular weight is 1220 g/mol. The van der Waals surface area contributed by atoms with Crippen molar-refractivity contribution in [3.63, 3.8) is 0 Å². The van der Waals surface area contributed by atoms with Crippen LogP contribution in [0.5, 0.6) is 0 Å². The molecule has 15 rings (SSSR count). The predicted molar refractivity (Wildman–Crippen MR) is 383 cm³/mol. The van der Waals surface area contributed by atoms with Crippen LogP contribution < -0.4 is 19.9 Å². The zero-order valence-electron chi connectivity index (χ0n) is 53.3. The SMILES string of the molecule is CC(C)(C)c1ccc(N(c2ccc(C(C)(C)C)cc2)c2ccc(C3(c4ccc([Si](C)(C)C)cc4)c4cc(N(c5ccccc5)c5ccc(F)cc5)c5c(oc6ccccc65)c4-c4c3cc(N(c3ccccc3)c3ccc(F)cc3)c3oc5ccccc5c43)cc2)cc1. The number of fused-ring (bicyclic) bond motifs is 11. The molecule has 0 spiro atoms. The molecule has 0 fully saturated rings. The lowest BCUT2D eigenvalue weighted by Crippen LogP contribution is -2.38. The van der Waals surface area contributed by atoms with E-state index in [1.54, 1.807) is 0 Å². The van der Waals surface area contributed by atoms with Crippen molar-refractivity contribution < 1.29 is 17.6 Å². The molecule has 1 aliphatic carbocycles. The molecule has 5 nitrogen and oxygen atoms in total. The Morgan fingerprint density at radius 2 is 0.707 bits per heavy atom. The van der Waals surface area contributed by atoms with Crippen LogP contribution in [0, 0.1) is 11.6 Å². The molecule has 0 amide bonds. The Balaban J connectivity index is 1.12. The number of nitrogens with zero attached hydrogens (tertiary/aromatic N) is 3. The maximum atomic E-state index is 15.3. The molecule has 0 aliphatic heterocycles. The van der Waals surface area contributed by atoms with Gasteiger partial charge in [-0.3, -0.25) is 0 Å². The number of para-hydroxylation sites is 4. The first-order chi connectivity index (χ1) is 44.3. The van der Waals surface area contributed by atoms with Crippen LogP contribution in [0.25, 0.3) is 55.0 Å². The Kier molecular flexibility index (Phi) is 13.9. The fraction of sp³-hybridized carbons (Fsp3) is 0.143. The van der Waals surface area contributed by atoms with Gasteiger partial charge < -0.3 is 23.5 Å². The van der Waals surface area contributed by atoms with Crippen molar-refractivity contribution in [1.29, 1.82) is 0 Å². The van der Waals surface area contributed by atoms with Gasteiger partial charge in [0.05, 0.1) is 30.2 Å². The fourth-order valence-corrected chi connectivity index (χ4v) is 15.2. The van der Waals surface area contributed by atoms with Crippen LogP contribution >= 0.6 is 0 Å². The highest BCUT2D eigenvalue weighted by molar-refractivity contribution is 6.88. The standard InChI is InChI=1S/C84H71F2N3O2Si/c1-82(2,3)54-28-40-62(41-29-54)87(63-42-30-55(31-43-63)83(4,5)6)64-44-32-56(33-45-64)84(57-34-50-67(51-35-57)92(7,8)9)70-53-73(89(61-22-14-11-15-23-61)66-48-38-59(86)39-49-66)80-77(69-25-17-19-27-75(69)90-80)78(70)79-71(84)52-72(76-68-24-16-18-26-74(68)91-81(76)79)88(60-20-12-10-13-21-60)65-46-36-58(85)37-47-65/h10-53H,1-9H3. The van der Waals surface area contributed by atoms with Crippen molar-refractivity contribution in [1.82, 2.24) is 0 Å². The molecule has 0 N–H and O–H groups in total. The first-order valence-corrected chi connectivity index (χ1v) is 35.3. The highest BCUT2D eigenvalue weighted by Crippen LogP contribution is 2.65. The van der Waals surface area contributed by atoms with Crippen LogP contribution in [-0.2, 0) is 16.2 Å². The summed E-state index contributed by atoms with van der Waals surface area (Å²) in [6.45, 7) is 20.7. The number of hydrogen-bond acceptors (Lipinski definition) is 5. The van der Waals surface area contributed by atoms with Gasteiger partial charge in [0, 0.05) is 67.1 Å². The number of hydrogen-bond donors (Lipinski definition) is 0. The summed E-state index contributed by atoms with van der Waals surface area (Å²) in [6.07, 6.45) is 0. The normalized spacial score (nSPS) is 14.1. The highest BCUT2D eigenvalue weighted by atomic mass is 28.3. The third-order valence-corrected chi connectivity index (χ3v) is 20.8. The zero-order valence-corrected chi connectivity index (χ0v) is 54.3. The Bertz CT molecular complexity index is 5020. The van der Waals surface area contributed by atoms with Crippen LogP contribution in [0.2, 0.25) is 19.6 Å². The number of anilines is 9. The van der Waals surface area contributed by atoms with Gasteiger partial charge in [0.25, 0.3) is 0 Å². The van der Waals surface area contributed by atoms with Gasteiger partial charge in [0.2, 0.25) is 0 Å². The van der Waals surface area contributed by atoms with Gasteiger partial charge in [-0.25, -0.2) is 8.78 Å². The molecular formula is C84H71F2N3O2Si. The van der Waals surface area contributed by atoms with Gasteiger partial charge >= 0.3 is 0 Å². The zero-order chi connectivity index (χ0) is 63.4. The monoisotopic (exact) mass is 1220 g/mol. The second-order valence-electron chi connectivity index (χ2n) is 27.6. The fourth-order valence-electron chi connectivity index (χ4n) is 14.1. The van der Waals surface area contributed by atoms with Gasteiger partial charge in [0.15, 0.2) is 5.58 Å². The van der Waals surface area contributed by atoms with Crippen LogP contribution in [-0.4, -0.2) is 8.07 Å². The summed E-state index contributed by atoms with van der Waals surface area (Å²) in [5.74, 6) is -0.656. The maximum Gasteiger partial charge on any atom is 0.160 e. The average Bonchev–Trinajstić information content (AvgIpc) is 1.50. The van der Waals surface area contributed by atoms with E-state index in [0.717, 1.165) is 117 Å². The molecule has 2 aromatic heterocycles. The second-order valence-corrected chi connectivity index (χ2v) is 32.7. The maximum absolute atomic E-state index is 15.3. The van der Waals surface area contributed by atoms with Crippen LogP contribution in [0.15, 0.2) is 276 Å². The number of benzene rings is 12. The van der Waals surface area contributed by atoms with Gasteiger partial charge in [0.1, 0.15) is 28.4 Å². The summed E-state index contributed by atoms with van der Waals surface area (Å²) in [4.78, 5) is 6.82. The van der Waals surface area contributed by atoms with Crippen molar-refractivity contribution in [2.75, 3.05) is 14.7 Å². The smallest absolute Gasteiger partial charge is 0.160 e. The highest BCUT2D eigenvalue weighted by Gasteiger charge is 2.51. The van der Waals surface area contributed by atoms with E-state index in [9.17, 15) is 0 Å². The van der Waals surface area contributed by atoms with Gasteiger partial charge in [-0.2, -0.15) is 0 Å². The van der Waals surface area contributed by atoms with E-state index in [-0.39, 0.29) is 22.5 Å². The molecule has 0 bridgehead atoms. The van der Waals surface area contributed by atoms with E-state index in [0.29, 0.717) is 11.2 Å². The largest absolute Gasteiger partial charge is 0.455 e. The molecule has 0 saturated carbocycles. The minimum Gasteiger partial charge on any atom is -0.455 e. The Hall–Kier alpha value is -10.3. The Morgan fingerprint density at radius 3 is 1.17 bits per heavy atom. The van der Waals surface area contributed by atoms with E-state index < -0.39 is 13.5 Å². The third kappa shape index (κ3) is 9.70. The van der Waals surface area contributed by atoms with Crippen LogP contribution in [0.1, 0.15) is 74.9 Å². The molecule has 92 heavy (non-hydrogen) atoms. The Labute approximate surface area is 538 Å². The lowest BCUT2D eigenvalue weighted by molar-refractivity contribution is 0.590. The van der Waals surface area contributed by atoms with Crippen molar-refractivity contribution in [2.45, 2.75) is 77.4 Å². The molecule has 1 atom stereocenters. The molecule has 452 valence electrons. The van der Waals surface area contributed by atoms with E-state index >= 15 is 8.78 Å². The minimum absolute atomic E-state index is 0.0366. The molecular weight excluding hydrogens is 1150 g/mol. The first kappa shape index (κ1) is 58.1. The third-order valence-electron chi connectivity index (χ3n) is 18.7. The van der Waals surface area contributed by atoms with E-state index in [4.69, 9.17) is 8.83 Å². The van der Waals surface area contributed by atoms with Crippen molar-refractivity contribution in [3.05, 3.63) is 312 Å². The summed E-state index contributed by atoms with van der Waals surface area (Å²) >= 11 is 0. The number of furan rings is 2. The molecule has 1 unspecified atom stereocenters. The first-order valence-electron chi connectivity index (χ1n) is 31.8. The molecule has 2 heterocycles. The number of rotatable bonds is 12. The Morgan fingerprint density at radius 1 is 0.348 bits per heavy atom. The molecule has 0 saturated heterocycles. The predicted octanol–water partition coefficient (Wildman–Crippen LogP) is 23.7. The molecule has 0 radical (unpaired) electrons. The second kappa shape index (κ2) is 22.0. The van der Waals surface area contributed by atoms with Crippen LogP contribution in [0.4, 0.5) is 60.0 Å². The summed E-state index contributed by atoms with van der Waals surface area (Å²) in [6, 6.07) is 92.3. The van der Waals surface area contributed by atoms with E-state index in [1.165, 1.54) is 40.6 Å². The summed E-state index contributed by atoms with van der Waals surface area (Å²) in [5, 5.41) is 5.04. The lowest BCUT2D eigenvalue weighted by atomic mass is 9.67. The quantitative estimate of drug-likeness (QED) is 0.114. The summed E-state index contributed by atoms with van der Waals surface area (Å²) in [5.41, 5.74) is 18.2. The van der Waals surface area contributed by atoms with Crippen molar-refractivity contribution >= 4 is 108 Å². The lowest BCUT2D eigenvalue weighted by Gasteiger charge is -2.36. The van der Waals surface area contributed by atoms with Gasteiger partial charge in [-0.05, 0) is 178 Å². The molecule has 8 heteroatoms. The minimum atomic E-state index is -1.87. The van der Waals surface area contributed by atoms with Gasteiger partial charge in [-0.1, -0.05) is 200 Å². The van der Waals surface area contributed by atoms with E-state index in [1.807, 2.05) is 66.7 Å². The van der Waals surface area contributed by atoms with Crippen LogP contribution in [0.3, 0.4) is 0 Å². The van der Waals surface area contributed by atoms with Crippen molar-refractivity contribution in [3.8, 4) is 11.1 Å². The van der Waals surface area contributed by atoms with Gasteiger partial charge in [-0.15, -0.1) is 0 Å². The van der Waals surface area contributed by atoms with Crippen molar-refractivity contribution in [2.24, 2.45) is 0 Å². The molecule has 12 aromatic carbocycles.